The molecule has 2 unspecified atom stereocenters. The van der Waals surface area contributed by atoms with E-state index in [4.69, 9.17) is 4.74 Å². The van der Waals surface area contributed by atoms with E-state index in [0.29, 0.717) is 6.04 Å². The lowest BCUT2D eigenvalue weighted by molar-refractivity contribution is 0.00446. The summed E-state index contributed by atoms with van der Waals surface area (Å²) in [5, 5.41) is 0. The van der Waals surface area contributed by atoms with Crippen molar-refractivity contribution in [2.45, 2.75) is 53.2 Å². The summed E-state index contributed by atoms with van der Waals surface area (Å²) < 4.78 is 10.7. The fourth-order valence-electron chi connectivity index (χ4n) is 2.33. The van der Waals surface area contributed by atoms with E-state index in [0.717, 1.165) is 13.1 Å². The standard InChI is InChI=1S/C14H30N2OS/c1-12(2)16-10-8-9-15(18(16)7)11-13(17-6)14(3,4)5/h12-13H,7-11H2,1-6H3. The van der Waals surface area contributed by atoms with E-state index in [1.807, 2.05) is 7.11 Å². The molecule has 0 N–H and O–H groups in total. The van der Waals surface area contributed by atoms with E-state index in [-0.39, 0.29) is 22.4 Å². The zero-order valence-electron chi connectivity index (χ0n) is 12.9. The molecular weight excluding hydrogens is 244 g/mol. The number of nitrogens with zero attached hydrogens (tertiary/aromatic N) is 2. The highest BCUT2D eigenvalue weighted by atomic mass is 32.2. The number of rotatable bonds is 4. The van der Waals surface area contributed by atoms with Crippen molar-refractivity contribution in [3.05, 3.63) is 0 Å². The first-order valence-electron chi connectivity index (χ1n) is 6.86. The Bertz CT molecular complexity index is 286. The van der Waals surface area contributed by atoms with Gasteiger partial charge in [0.15, 0.2) is 0 Å². The second-order valence-corrected chi connectivity index (χ2v) is 8.07. The second kappa shape index (κ2) is 6.51. The van der Waals surface area contributed by atoms with Crippen molar-refractivity contribution in [3.8, 4) is 0 Å². The van der Waals surface area contributed by atoms with Gasteiger partial charge in [0.05, 0.1) is 6.10 Å². The number of ether oxygens (including phenoxy) is 1. The van der Waals surface area contributed by atoms with Crippen LogP contribution >= 0.6 is 10.9 Å². The lowest BCUT2D eigenvalue weighted by Gasteiger charge is -2.43. The molecule has 0 radical (unpaired) electrons. The fourth-order valence-corrected chi connectivity index (χ4v) is 4.10. The van der Waals surface area contributed by atoms with Crippen molar-refractivity contribution in [1.82, 2.24) is 8.61 Å². The molecule has 0 saturated carbocycles. The Kier molecular flexibility index (Phi) is 5.84. The summed E-state index contributed by atoms with van der Waals surface area (Å²) in [4.78, 5) is 0. The molecule has 1 saturated heterocycles. The van der Waals surface area contributed by atoms with Gasteiger partial charge in [-0.3, -0.25) is 0 Å². The van der Waals surface area contributed by atoms with Crippen molar-refractivity contribution >= 4 is 16.7 Å². The van der Waals surface area contributed by atoms with Crippen LogP contribution in [0.4, 0.5) is 0 Å². The highest BCUT2D eigenvalue weighted by Crippen LogP contribution is 2.33. The van der Waals surface area contributed by atoms with Crippen LogP contribution in [0.25, 0.3) is 0 Å². The van der Waals surface area contributed by atoms with E-state index < -0.39 is 0 Å². The average Bonchev–Trinajstić information content (AvgIpc) is 2.25. The number of methoxy groups -OCH3 is 1. The van der Waals surface area contributed by atoms with Crippen LogP contribution < -0.4 is 0 Å². The highest BCUT2D eigenvalue weighted by Gasteiger charge is 2.30. The van der Waals surface area contributed by atoms with Crippen LogP contribution in [0, 0.1) is 5.41 Å². The molecular formula is C14H30N2OS. The quantitative estimate of drug-likeness (QED) is 0.733. The monoisotopic (exact) mass is 274 g/mol. The second-order valence-electron chi connectivity index (χ2n) is 6.41. The minimum atomic E-state index is -0.0162. The molecule has 18 heavy (non-hydrogen) atoms. The molecule has 1 rings (SSSR count). The summed E-state index contributed by atoms with van der Waals surface area (Å²) in [6, 6.07) is 0.573. The first-order valence-corrected chi connectivity index (χ1v) is 8.16. The van der Waals surface area contributed by atoms with Gasteiger partial charge >= 0.3 is 0 Å². The molecule has 1 aliphatic rings. The summed E-state index contributed by atoms with van der Waals surface area (Å²) in [5.41, 5.74) is 0.180. The average molecular weight is 274 g/mol. The Morgan fingerprint density at radius 2 is 1.89 bits per heavy atom. The molecule has 4 heteroatoms. The van der Waals surface area contributed by atoms with E-state index in [1.165, 1.54) is 13.0 Å². The Balaban J connectivity index is 2.68. The number of hydrogen-bond donors (Lipinski definition) is 0. The van der Waals surface area contributed by atoms with Gasteiger partial charge in [0, 0.05) is 32.8 Å². The van der Waals surface area contributed by atoms with E-state index >= 15 is 0 Å². The normalized spacial score (nSPS) is 25.6. The van der Waals surface area contributed by atoms with E-state index in [1.54, 1.807) is 0 Å². The molecule has 1 aliphatic heterocycles. The van der Waals surface area contributed by atoms with E-state index in [2.05, 4.69) is 49.1 Å². The predicted octanol–water partition coefficient (Wildman–Crippen LogP) is 2.99. The lowest BCUT2D eigenvalue weighted by atomic mass is 9.89. The van der Waals surface area contributed by atoms with Crippen LogP contribution in [0.3, 0.4) is 0 Å². The van der Waals surface area contributed by atoms with Crippen molar-refractivity contribution < 1.29 is 4.74 Å². The van der Waals surface area contributed by atoms with Crippen molar-refractivity contribution in [2.75, 3.05) is 26.7 Å². The van der Waals surface area contributed by atoms with Crippen molar-refractivity contribution in [3.63, 3.8) is 0 Å². The van der Waals surface area contributed by atoms with Crippen LogP contribution in [-0.4, -0.2) is 53.4 Å². The summed E-state index contributed by atoms with van der Waals surface area (Å²) >= 11 is 0. The van der Waals surface area contributed by atoms with Gasteiger partial charge in [-0.25, -0.2) is 8.61 Å². The third-order valence-electron chi connectivity index (χ3n) is 3.55. The SMILES string of the molecule is C=S1N(CC(OC)C(C)(C)C)CCCN1C(C)C. The topological polar surface area (TPSA) is 15.7 Å². The molecule has 2 atom stereocenters. The largest absolute Gasteiger partial charge is 0.380 e. The van der Waals surface area contributed by atoms with Gasteiger partial charge in [0.2, 0.25) is 0 Å². The van der Waals surface area contributed by atoms with Gasteiger partial charge in [0.25, 0.3) is 0 Å². The Morgan fingerprint density at radius 3 is 2.33 bits per heavy atom. The van der Waals surface area contributed by atoms with Crippen LogP contribution in [0.2, 0.25) is 0 Å². The molecule has 108 valence electrons. The fraction of sp³-hybridized carbons (Fsp3) is 0.929. The molecule has 0 amide bonds. The Hall–Kier alpha value is 0.1000. The molecule has 0 aromatic carbocycles. The highest BCUT2D eigenvalue weighted by molar-refractivity contribution is 8.10. The molecule has 1 heterocycles. The van der Waals surface area contributed by atoms with Gasteiger partial charge in [-0.1, -0.05) is 31.6 Å². The van der Waals surface area contributed by atoms with Crippen LogP contribution in [0.5, 0.6) is 0 Å². The van der Waals surface area contributed by atoms with Gasteiger partial charge < -0.3 is 4.74 Å². The molecule has 3 nitrogen and oxygen atoms in total. The Labute approximate surface area is 116 Å². The predicted molar refractivity (Wildman–Crippen MR) is 83.0 cm³/mol. The van der Waals surface area contributed by atoms with Crippen molar-refractivity contribution in [1.29, 1.82) is 0 Å². The minimum Gasteiger partial charge on any atom is -0.380 e. The summed E-state index contributed by atoms with van der Waals surface area (Å²) in [6.45, 7) is 14.5. The molecule has 0 spiro atoms. The van der Waals surface area contributed by atoms with Gasteiger partial charge in [-0.15, -0.1) is 0 Å². The maximum Gasteiger partial charge on any atom is 0.0755 e. The summed E-state index contributed by atoms with van der Waals surface area (Å²) in [6.07, 6.45) is 1.50. The zero-order chi connectivity index (χ0) is 13.9. The van der Waals surface area contributed by atoms with Crippen LogP contribution in [0.15, 0.2) is 0 Å². The zero-order valence-corrected chi connectivity index (χ0v) is 13.7. The van der Waals surface area contributed by atoms with Gasteiger partial charge in [-0.05, 0) is 31.6 Å². The summed E-state index contributed by atoms with van der Waals surface area (Å²) in [5.74, 6) is 4.38. The molecule has 0 bridgehead atoms. The van der Waals surface area contributed by atoms with Gasteiger partial charge in [0.1, 0.15) is 0 Å². The molecule has 1 fully saturated rings. The maximum atomic E-state index is 5.68. The van der Waals surface area contributed by atoms with Crippen LogP contribution in [0.1, 0.15) is 41.0 Å². The van der Waals surface area contributed by atoms with E-state index in [9.17, 15) is 0 Å². The first-order chi connectivity index (χ1) is 8.27. The Morgan fingerprint density at radius 1 is 1.28 bits per heavy atom. The molecule has 0 aromatic heterocycles. The molecule has 0 aliphatic carbocycles. The summed E-state index contributed by atoms with van der Waals surface area (Å²) in [7, 11) is 1.80. The minimum absolute atomic E-state index is 0.0162. The number of hydrogen-bond acceptors (Lipinski definition) is 3. The third kappa shape index (κ3) is 4.05. The lowest BCUT2D eigenvalue weighted by Crippen LogP contribution is -2.45. The smallest absolute Gasteiger partial charge is 0.0755 e. The third-order valence-corrected chi connectivity index (χ3v) is 5.62. The molecule has 0 aromatic rings. The first kappa shape index (κ1) is 16.2. The maximum absolute atomic E-state index is 5.68. The van der Waals surface area contributed by atoms with Crippen molar-refractivity contribution in [2.24, 2.45) is 5.41 Å². The van der Waals surface area contributed by atoms with Crippen LogP contribution in [-0.2, 0) is 4.74 Å². The van der Waals surface area contributed by atoms with Gasteiger partial charge in [-0.2, -0.15) is 0 Å².